The molecule has 1 saturated heterocycles. The highest BCUT2D eigenvalue weighted by atomic mass is 16.4. The van der Waals surface area contributed by atoms with Gasteiger partial charge in [0.05, 0.1) is 0 Å². The molecule has 4 nitrogen and oxygen atoms in total. The Hall–Kier alpha value is -1.06. The van der Waals surface area contributed by atoms with Crippen LogP contribution in [0.25, 0.3) is 0 Å². The van der Waals surface area contributed by atoms with Gasteiger partial charge in [-0.3, -0.25) is 4.79 Å². The van der Waals surface area contributed by atoms with Gasteiger partial charge in [0, 0.05) is 12.5 Å². The number of carboxylic acid groups (broad SMARTS) is 1. The minimum Gasteiger partial charge on any atom is -0.480 e. The average molecular weight is 253 g/mol. The Morgan fingerprint density at radius 1 is 1.17 bits per heavy atom. The van der Waals surface area contributed by atoms with E-state index in [4.69, 9.17) is 0 Å². The maximum atomic E-state index is 12.6. The smallest absolute Gasteiger partial charge is 0.326 e. The van der Waals surface area contributed by atoms with Crippen molar-refractivity contribution in [3.05, 3.63) is 0 Å². The lowest BCUT2D eigenvalue weighted by Crippen LogP contribution is -2.51. The fraction of sp³-hybridized carbons (Fsp3) is 0.857. The van der Waals surface area contributed by atoms with Crippen molar-refractivity contribution < 1.29 is 14.7 Å². The third-order valence-corrected chi connectivity index (χ3v) is 4.63. The molecule has 0 aromatic heterocycles. The predicted octanol–water partition coefficient (Wildman–Crippen LogP) is 2.28. The van der Waals surface area contributed by atoms with Crippen LogP contribution in [-0.2, 0) is 9.59 Å². The van der Waals surface area contributed by atoms with Gasteiger partial charge in [0.2, 0.25) is 5.91 Å². The number of likely N-dealkylation sites (tertiary alicyclic amines) is 1. The van der Waals surface area contributed by atoms with Crippen molar-refractivity contribution in [3.63, 3.8) is 0 Å². The molecule has 1 unspecified atom stereocenters. The molecule has 0 aromatic carbocycles. The summed E-state index contributed by atoms with van der Waals surface area (Å²) in [6.45, 7) is 4.87. The van der Waals surface area contributed by atoms with Crippen molar-refractivity contribution in [2.45, 2.75) is 58.4 Å². The number of hydrogen-bond donors (Lipinski definition) is 1. The molecule has 0 bridgehead atoms. The third-order valence-electron chi connectivity index (χ3n) is 4.63. The van der Waals surface area contributed by atoms with E-state index in [2.05, 4.69) is 13.8 Å². The first-order valence-electron chi connectivity index (χ1n) is 6.97. The first kappa shape index (κ1) is 13.4. The molecular weight excluding hydrogens is 230 g/mol. The van der Waals surface area contributed by atoms with Crippen molar-refractivity contribution in [1.29, 1.82) is 0 Å². The lowest BCUT2D eigenvalue weighted by atomic mass is 9.80. The Morgan fingerprint density at radius 2 is 1.89 bits per heavy atom. The SMILES string of the molecule is CC1(C)CCCC1C(=O)N1CCCC[C@H]1C(=O)O. The van der Waals surface area contributed by atoms with E-state index in [0.29, 0.717) is 13.0 Å². The van der Waals surface area contributed by atoms with Gasteiger partial charge in [-0.25, -0.2) is 4.79 Å². The standard InChI is InChI=1S/C14H23NO3/c1-14(2)8-5-6-10(14)12(16)15-9-4-3-7-11(15)13(17)18/h10-11H,3-9H2,1-2H3,(H,17,18)/t10?,11-/m0/s1. The van der Waals surface area contributed by atoms with E-state index < -0.39 is 12.0 Å². The number of amides is 1. The number of aliphatic carboxylic acids is 1. The molecule has 18 heavy (non-hydrogen) atoms. The van der Waals surface area contributed by atoms with Crippen molar-refractivity contribution in [2.75, 3.05) is 6.54 Å². The highest BCUT2D eigenvalue weighted by Crippen LogP contribution is 2.44. The Bertz CT molecular complexity index is 351. The van der Waals surface area contributed by atoms with Gasteiger partial charge in [0.25, 0.3) is 0 Å². The van der Waals surface area contributed by atoms with Crippen LogP contribution < -0.4 is 0 Å². The Labute approximate surface area is 108 Å². The number of piperidine rings is 1. The van der Waals surface area contributed by atoms with Gasteiger partial charge in [0.1, 0.15) is 6.04 Å². The molecule has 1 aliphatic heterocycles. The van der Waals surface area contributed by atoms with Crippen LogP contribution in [0.15, 0.2) is 0 Å². The minimum absolute atomic E-state index is 0.0115. The number of carbonyl (C=O) groups is 2. The fourth-order valence-electron chi connectivity index (χ4n) is 3.44. The van der Waals surface area contributed by atoms with E-state index in [0.717, 1.165) is 32.1 Å². The monoisotopic (exact) mass is 253 g/mol. The molecule has 4 heteroatoms. The molecule has 102 valence electrons. The van der Waals surface area contributed by atoms with Gasteiger partial charge in [-0.2, -0.15) is 0 Å². The molecule has 1 saturated carbocycles. The largest absolute Gasteiger partial charge is 0.480 e. The van der Waals surface area contributed by atoms with E-state index in [9.17, 15) is 14.7 Å². The minimum atomic E-state index is -0.848. The summed E-state index contributed by atoms with van der Waals surface area (Å²) in [4.78, 5) is 25.5. The maximum absolute atomic E-state index is 12.6. The first-order valence-corrected chi connectivity index (χ1v) is 6.97. The Kier molecular flexibility index (Phi) is 3.64. The van der Waals surface area contributed by atoms with E-state index in [1.165, 1.54) is 0 Å². The first-order chi connectivity index (χ1) is 8.43. The van der Waals surface area contributed by atoms with E-state index in [1.807, 2.05) is 0 Å². The zero-order chi connectivity index (χ0) is 13.3. The summed E-state index contributed by atoms with van der Waals surface area (Å²) in [5, 5.41) is 9.24. The van der Waals surface area contributed by atoms with Gasteiger partial charge in [-0.1, -0.05) is 20.3 Å². The second-order valence-corrected chi connectivity index (χ2v) is 6.31. The van der Waals surface area contributed by atoms with Crippen LogP contribution in [0.2, 0.25) is 0 Å². The third kappa shape index (κ3) is 2.38. The molecule has 0 aromatic rings. The summed E-state index contributed by atoms with van der Waals surface area (Å²) in [6.07, 6.45) is 5.50. The average Bonchev–Trinajstić information content (AvgIpc) is 2.68. The normalized spacial score (nSPS) is 31.3. The molecule has 1 aliphatic carbocycles. The van der Waals surface area contributed by atoms with Crippen molar-refractivity contribution in [2.24, 2.45) is 11.3 Å². The molecule has 0 spiro atoms. The second-order valence-electron chi connectivity index (χ2n) is 6.31. The van der Waals surface area contributed by atoms with Gasteiger partial charge < -0.3 is 10.0 Å². The zero-order valence-electron chi connectivity index (χ0n) is 11.3. The maximum Gasteiger partial charge on any atom is 0.326 e. The van der Waals surface area contributed by atoms with Crippen molar-refractivity contribution >= 4 is 11.9 Å². The number of carboxylic acids is 1. The highest BCUT2D eigenvalue weighted by Gasteiger charge is 2.44. The zero-order valence-corrected chi connectivity index (χ0v) is 11.3. The summed E-state index contributed by atoms with van der Waals surface area (Å²) in [5.41, 5.74) is 0.0254. The Morgan fingerprint density at radius 3 is 2.44 bits per heavy atom. The molecule has 1 N–H and O–H groups in total. The lowest BCUT2D eigenvalue weighted by molar-refractivity contribution is -0.155. The molecule has 2 fully saturated rings. The lowest BCUT2D eigenvalue weighted by Gasteiger charge is -2.37. The summed E-state index contributed by atoms with van der Waals surface area (Å²) in [6, 6.07) is -0.595. The molecule has 1 amide bonds. The van der Waals surface area contributed by atoms with Crippen LogP contribution in [0.3, 0.4) is 0 Å². The molecule has 2 rings (SSSR count). The summed E-state index contributed by atoms with van der Waals surface area (Å²) in [5.74, 6) is -0.763. The summed E-state index contributed by atoms with van der Waals surface area (Å²) >= 11 is 0. The van der Waals surface area contributed by atoms with Crippen LogP contribution in [0, 0.1) is 11.3 Å². The predicted molar refractivity (Wildman–Crippen MR) is 68.1 cm³/mol. The van der Waals surface area contributed by atoms with Gasteiger partial charge in [-0.05, 0) is 37.5 Å². The Balaban J connectivity index is 2.13. The van der Waals surface area contributed by atoms with Crippen LogP contribution in [-0.4, -0.2) is 34.5 Å². The second kappa shape index (κ2) is 4.90. The van der Waals surface area contributed by atoms with E-state index in [-0.39, 0.29) is 17.2 Å². The van der Waals surface area contributed by atoms with Gasteiger partial charge >= 0.3 is 5.97 Å². The summed E-state index contributed by atoms with van der Waals surface area (Å²) < 4.78 is 0. The molecule has 2 atom stereocenters. The van der Waals surface area contributed by atoms with Gasteiger partial charge in [0.15, 0.2) is 0 Å². The highest BCUT2D eigenvalue weighted by molar-refractivity contribution is 5.86. The van der Waals surface area contributed by atoms with Crippen LogP contribution in [0.4, 0.5) is 0 Å². The quantitative estimate of drug-likeness (QED) is 0.821. The number of hydrogen-bond acceptors (Lipinski definition) is 2. The molecule has 1 heterocycles. The van der Waals surface area contributed by atoms with Gasteiger partial charge in [-0.15, -0.1) is 0 Å². The van der Waals surface area contributed by atoms with Crippen molar-refractivity contribution in [1.82, 2.24) is 4.90 Å². The molecular formula is C14H23NO3. The fourth-order valence-corrected chi connectivity index (χ4v) is 3.44. The number of rotatable bonds is 2. The van der Waals surface area contributed by atoms with Crippen LogP contribution in [0.1, 0.15) is 52.4 Å². The van der Waals surface area contributed by atoms with Crippen molar-refractivity contribution in [3.8, 4) is 0 Å². The van der Waals surface area contributed by atoms with E-state index in [1.54, 1.807) is 4.90 Å². The number of carbonyl (C=O) groups excluding carboxylic acids is 1. The molecule has 2 aliphatic rings. The van der Waals surface area contributed by atoms with Crippen LogP contribution in [0.5, 0.6) is 0 Å². The van der Waals surface area contributed by atoms with E-state index >= 15 is 0 Å². The topological polar surface area (TPSA) is 57.6 Å². The summed E-state index contributed by atoms with van der Waals surface area (Å²) in [7, 11) is 0. The number of nitrogens with zero attached hydrogens (tertiary/aromatic N) is 1. The van der Waals surface area contributed by atoms with Crippen LogP contribution >= 0.6 is 0 Å². The molecule has 0 radical (unpaired) electrons.